The molecule has 0 aliphatic rings. The van der Waals surface area contributed by atoms with Gasteiger partial charge in [0.05, 0.1) is 13.0 Å². The lowest BCUT2D eigenvalue weighted by molar-refractivity contribution is -0.121. The topological polar surface area (TPSA) is 93.4 Å². The number of nitrogens with one attached hydrogen (secondary N) is 2. The Morgan fingerprint density at radius 2 is 2.00 bits per heavy atom. The summed E-state index contributed by atoms with van der Waals surface area (Å²) >= 11 is 0. The third-order valence-corrected chi connectivity index (χ3v) is 2.77. The molecule has 0 atom stereocenters. The first kappa shape index (κ1) is 20.2. The van der Waals surface area contributed by atoms with E-state index in [9.17, 15) is 9.59 Å². The van der Waals surface area contributed by atoms with Crippen LogP contribution in [0.25, 0.3) is 0 Å². The number of primary amides is 1. The summed E-state index contributed by atoms with van der Waals surface area (Å²) in [5, 5.41) is 6.00. The Labute approximate surface area is 137 Å². The molecule has 1 rings (SSSR count). The SMILES string of the molecule is CCCNCCNC(=O)CCOc1cccc(C(N)=O)c1.Cl. The number of amides is 2. The summed E-state index contributed by atoms with van der Waals surface area (Å²) < 4.78 is 5.43. The predicted octanol–water partition coefficient (Wildman–Crippen LogP) is 1.09. The number of hydrogen-bond donors (Lipinski definition) is 3. The normalized spacial score (nSPS) is 9.68. The first-order valence-corrected chi connectivity index (χ1v) is 7.13. The molecular formula is C15H24ClN3O3. The molecule has 0 heterocycles. The number of hydrogen-bond acceptors (Lipinski definition) is 4. The molecule has 0 aliphatic heterocycles. The second kappa shape index (κ2) is 11.8. The summed E-state index contributed by atoms with van der Waals surface area (Å²) in [5.74, 6) is -0.0270. The number of nitrogens with two attached hydrogens (primary N) is 1. The maximum absolute atomic E-state index is 11.5. The summed E-state index contributed by atoms with van der Waals surface area (Å²) in [6, 6.07) is 6.59. The molecule has 0 fully saturated rings. The third-order valence-electron chi connectivity index (χ3n) is 2.77. The first-order chi connectivity index (χ1) is 10.1. The highest BCUT2D eigenvalue weighted by Gasteiger charge is 2.04. The maximum atomic E-state index is 11.5. The smallest absolute Gasteiger partial charge is 0.248 e. The van der Waals surface area contributed by atoms with Crippen molar-refractivity contribution in [2.24, 2.45) is 5.73 Å². The molecule has 0 aliphatic carbocycles. The zero-order valence-corrected chi connectivity index (χ0v) is 13.6. The van der Waals surface area contributed by atoms with Gasteiger partial charge in [-0.3, -0.25) is 9.59 Å². The van der Waals surface area contributed by atoms with Gasteiger partial charge in [-0.15, -0.1) is 12.4 Å². The van der Waals surface area contributed by atoms with Gasteiger partial charge in [0.25, 0.3) is 0 Å². The summed E-state index contributed by atoms with van der Waals surface area (Å²) in [5.41, 5.74) is 5.57. The van der Waals surface area contributed by atoms with E-state index in [0.29, 0.717) is 17.9 Å². The maximum Gasteiger partial charge on any atom is 0.248 e. The van der Waals surface area contributed by atoms with Crippen molar-refractivity contribution >= 4 is 24.2 Å². The minimum absolute atomic E-state index is 0. The Morgan fingerprint density at radius 1 is 1.23 bits per heavy atom. The molecule has 4 N–H and O–H groups in total. The van der Waals surface area contributed by atoms with Crippen molar-refractivity contribution in [2.75, 3.05) is 26.2 Å². The summed E-state index contributed by atoms with van der Waals surface area (Å²) in [6.45, 7) is 4.68. The molecule has 124 valence electrons. The first-order valence-electron chi connectivity index (χ1n) is 7.13. The van der Waals surface area contributed by atoms with E-state index >= 15 is 0 Å². The van der Waals surface area contributed by atoms with Crippen LogP contribution in [0.3, 0.4) is 0 Å². The Balaban J connectivity index is 0.00000441. The van der Waals surface area contributed by atoms with Gasteiger partial charge in [0.1, 0.15) is 5.75 Å². The van der Waals surface area contributed by atoms with Crippen LogP contribution < -0.4 is 21.1 Å². The van der Waals surface area contributed by atoms with Gasteiger partial charge in [-0.25, -0.2) is 0 Å². The number of carbonyl (C=O) groups is 2. The predicted molar refractivity (Wildman–Crippen MR) is 88.5 cm³/mol. The monoisotopic (exact) mass is 329 g/mol. The van der Waals surface area contributed by atoms with Gasteiger partial charge in [0.15, 0.2) is 0 Å². The number of ether oxygens (including phenoxy) is 1. The molecule has 1 aromatic carbocycles. The zero-order valence-electron chi connectivity index (χ0n) is 12.8. The van der Waals surface area contributed by atoms with E-state index in [2.05, 4.69) is 17.6 Å². The van der Waals surface area contributed by atoms with E-state index in [1.54, 1.807) is 24.3 Å². The van der Waals surface area contributed by atoms with E-state index in [0.717, 1.165) is 19.5 Å². The fourth-order valence-electron chi connectivity index (χ4n) is 1.68. The van der Waals surface area contributed by atoms with E-state index in [-0.39, 0.29) is 31.3 Å². The Kier molecular flexibility index (Phi) is 10.9. The Hall–Kier alpha value is -1.79. The van der Waals surface area contributed by atoms with Crippen LogP contribution in [0.1, 0.15) is 30.1 Å². The Morgan fingerprint density at radius 3 is 2.68 bits per heavy atom. The molecule has 7 heteroatoms. The number of halogens is 1. The van der Waals surface area contributed by atoms with Crippen LogP contribution in [0.2, 0.25) is 0 Å². The van der Waals surface area contributed by atoms with E-state index < -0.39 is 5.91 Å². The average molecular weight is 330 g/mol. The van der Waals surface area contributed by atoms with Gasteiger partial charge in [-0.1, -0.05) is 13.0 Å². The zero-order chi connectivity index (χ0) is 15.5. The number of benzene rings is 1. The average Bonchev–Trinajstić information content (AvgIpc) is 2.47. The van der Waals surface area contributed by atoms with E-state index in [1.807, 2.05) is 0 Å². The van der Waals surface area contributed by atoms with Gasteiger partial charge in [0.2, 0.25) is 11.8 Å². The van der Waals surface area contributed by atoms with Gasteiger partial charge in [-0.2, -0.15) is 0 Å². The molecular weight excluding hydrogens is 306 g/mol. The van der Waals surface area contributed by atoms with Gasteiger partial charge >= 0.3 is 0 Å². The van der Waals surface area contributed by atoms with Crippen molar-refractivity contribution in [1.82, 2.24) is 10.6 Å². The van der Waals surface area contributed by atoms with Gasteiger partial charge in [-0.05, 0) is 31.2 Å². The molecule has 0 radical (unpaired) electrons. The van der Waals surface area contributed by atoms with Crippen molar-refractivity contribution in [3.63, 3.8) is 0 Å². The molecule has 22 heavy (non-hydrogen) atoms. The van der Waals surface area contributed by atoms with Crippen LogP contribution in [-0.4, -0.2) is 38.1 Å². The van der Waals surface area contributed by atoms with Gasteiger partial charge < -0.3 is 21.1 Å². The van der Waals surface area contributed by atoms with Crippen molar-refractivity contribution in [3.8, 4) is 5.75 Å². The van der Waals surface area contributed by atoms with E-state index in [4.69, 9.17) is 10.5 Å². The molecule has 0 saturated carbocycles. The van der Waals surface area contributed by atoms with Crippen LogP contribution in [0.15, 0.2) is 24.3 Å². The van der Waals surface area contributed by atoms with E-state index in [1.165, 1.54) is 0 Å². The van der Waals surface area contributed by atoms with Crippen molar-refractivity contribution < 1.29 is 14.3 Å². The van der Waals surface area contributed by atoms with Crippen LogP contribution >= 0.6 is 12.4 Å². The van der Waals surface area contributed by atoms with Crippen LogP contribution in [-0.2, 0) is 4.79 Å². The number of rotatable bonds is 10. The summed E-state index contributed by atoms with van der Waals surface area (Å²) in [6.07, 6.45) is 1.35. The second-order valence-electron chi connectivity index (χ2n) is 4.59. The van der Waals surface area contributed by atoms with Crippen molar-refractivity contribution in [3.05, 3.63) is 29.8 Å². The molecule has 0 aromatic heterocycles. The highest BCUT2D eigenvalue weighted by atomic mass is 35.5. The molecule has 0 bridgehead atoms. The highest BCUT2D eigenvalue weighted by Crippen LogP contribution is 2.12. The lowest BCUT2D eigenvalue weighted by Gasteiger charge is -2.08. The Bertz CT molecular complexity index is 469. The quantitative estimate of drug-likeness (QED) is 0.560. The molecule has 0 spiro atoms. The minimum atomic E-state index is -0.502. The lowest BCUT2D eigenvalue weighted by Crippen LogP contribution is -2.32. The van der Waals surface area contributed by atoms with Crippen molar-refractivity contribution in [2.45, 2.75) is 19.8 Å². The molecule has 1 aromatic rings. The molecule has 0 unspecified atom stereocenters. The van der Waals surface area contributed by atoms with Crippen LogP contribution in [0.4, 0.5) is 0 Å². The number of carbonyl (C=O) groups excluding carboxylic acids is 2. The molecule has 2 amide bonds. The van der Waals surface area contributed by atoms with Crippen molar-refractivity contribution in [1.29, 1.82) is 0 Å². The highest BCUT2D eigenvalue weighted by molar-refractivity contribution is 5.93. The summed E-state index contributed by atoms with van der Waals surface area (Å²) in [4.78, 5) is 22.6. The fourth-order valence-corrected chi connectivity index (χ4v) is 1.68. The van der Waals surface area contributed by atoms with Gasteiger partial charge in [0, 0.05) is 18.7 Å². The standard InChI is InChI=1S/C15H23N3O3.ClH/c1-2-7-17-8-9-18-14(19)6-10-21-13-5-3-4-12(11-13)15(16)20;/h3-5,11,17H,2,6-10H2,1H3,(H2,16,20)(H,18,19);1H. The molecule has 0 saturated heterocycles. The molecule has 6 nitrogen and oxygen atoms in total. The minimum Gasteiger partial charge on any atom is -0.493 e. The lowest BCUT2D eigenvalue weighted by atomic mass is 10.2. The van der Waals surface area contributed by atoms with Crippen LogP contribution in [0, 0.1) is 0 Å². The fraction of sp³-hybridized carbons (Fsp3) is 0.467. The third kappa shape index (κ3) is 8.49. The largest absolute Gasteiger partial charge is 0.493 e. The second-order valence-corrected chi connectivity index (χ2v) is 4.59. The van der Waals surface area contributed by atoms with Crippen LogP contribution in [0.5, 0.6) is 5.75 Å². The summed E-state index contributed by atoms with van der Waals surface area (Å²) in [7, 11) is 0.